The van der Waals surface area contributed by atoms with Crippen LogP contribution in [0.25, 0.3) is 6.08 Å². The highest BCUT2D eigenvalue weighted by Gasteiger charge is 2.30. The zero-order valence-electron chi connectivity index (χ0n) is 11.6. The summed E-state index contributed by atoms with van der Waals surface area (Å²) in [7, 11) is 0. The molecule has 0 bridgehead atoms. The topological polar surface area (TPSA) is 21.3 Å². The molecule has 0 saturated carbocycles. The Morgan fingerprint density at radius 2 is 2.22 bits per heavy atom. The minimum Gasteiger partial charge on any atom is -0.487 e. The van der Waals surface area contributed by atoms with Gasteiger partial charge in [-0.1, -0.05) is 37.3 Å². The Bertz CT molecular complexity index is 435. The van der Waals surface area contributed by atoms with Gasteiger partial charge in [0.25, 0.3) is 0 Å². The third-order valence-corrected chi connectivity index (χ3v) is 3.11. The van der Waals surface area contributed by atoms with E-state index in [4.69, 9.17) is 4.74 Å². The van der Waals surface area contributed by atoms with Crippen molar-refractivity contribution in [1.29, 1.82) is 0 Å². The molecule has 0 saturated heterocycles. The molecule has 0 unspecified atom stereocenters. The molecule has 0 aromatic heterocycles. The van der Waals surface area contributed by atoms with Crippen LogP contribution in [0.4, 0.5) is 0 Å². The maximum absolute atomic E-state index is 6.03. The first-order chi connectivity index (χ1) is 8.62. The first-order valence-electron chi connectivity index (χ1n) is 6.80. The zero-order valence-corrected chi connectivity index (χ0v) is 11.6. The van der Waals surface area contributed by atoms with Crippen LogP contribution in [0, 0.1) is 0 Å². The Hall–Kier alpha value is -1.28. The smallest absolute Gasteiger partial charge is 0.130 e. The number of ether oxygens (including phenoxy) is 1. The summed E-state index contributed by atoms with van der Waals surface area (Å²) in [5, 5.41) is 3.36. The average molecular weight is 245 g/mol. The molecule has 1 aromatic rings. The Kier molecular flexibility index (Phi) is 4.07. The molecule has 0 aliphatic carbocycles. The molecule has 2 rings (SSSR count). The fraction of sp³-hybridized carbons (Fsp3) is 0.500. The molecule has 0 radical (unpaired) electrons. The predicted octanol–water partition coefficient (Wildman–Crippen LogP) is 3.41. The molecule has 0 atom stereocenters. The van der Waals surface area contributed by atoms with Gasteiger partial charge in [0.2, 0.25) is 0 Å². The second-order valence-electron chi connectivity index (χ2n) is 5.48. The van der Waals surface area contributed by atoms with Gasteiger partial charge >= 0.3 is 0 Å². The van der Waals surface area contributed by atoms with E-state index in [0.717, 1.165) is 25.3 Å². The summed E-state index contributed by atoms with van der Waals surface area (Å²) in [5.41, 5.74) is 2.45. The van der Waals surface area contributed by atoms with Crippen molar-refractivity contribution < 1.29 is 4.74 Å². The predicted molar refractivity (Wildman–Crippen MR) is 77.0 cm³/mol. The minimum atomic E-state index is -0.0628. The fourth-order valence-electron chi connectivity index (χ4n) is 2.32. The molecule has 2 nitrogen and oxygen atoms in total. The van der Waals surface area contributed by atoms with Crippen LogP contribution in [0.15, 0.2) is 24.3 Å². The van der Waals surface area contributed by atoms with Crippen molar-refractivity contribution in [1.82, 2.24) is 5.32 Å². The zero-order chi connectivity index (χ0) is 13.0. The molecule has 2 heteroatoms. The second kappa shape index (κ2) is 5.57. The van der Waals surface area contributed by atoms with E-state index in [9.17, 15) is 0 Å². The highest BCUT2D eigenvalue weighted by atomic mass is 16.5. The van der Waals surface area contributed by atoms with Crippen LogP contribution in [-0.4, -0.2) is 18.7 Å². The summed E-state index contributed by atoms with van der Waals surface area (Å²) in [5.74, 6) is 1.06. The van der Waals surface area contributed by atoms with Crippen molar-refractivity contribution in [2.45, 2.75) is 39.2 Å². The van der Waals surface area contributed by atoms with E-state index in [2.05, 4.69) is 56.4 Å². The Labute approximate surface area is 110 Å². The molecule has 1 aliphatic rings. The number of nitrogens with one attached hydrogen (secondary N) is 1. The molecule has 1 N–H and O–H groups in total. The molecule has 1 aliphatic heterocycles. The van der Waals surface area contributed by atoms with Gasteiger partial charge in [0, 0.05) is 18.5 Å². The summed E-state index contributed by atoms with van der Waals surface area (Å²) < 4.78 is 6.03. The molecule has 98 valence electrons. The Morgan fingerprint density at radius 3 is 3.00 bits per heavy atom. The van der Waals surface area contributed by atoms with Gasteiger partial charge in [-0.25, -0.2) is 0 Å². The van der Waals surface area contributed by atoms with E-state index in [1.54, 1.807) is 0 Å². The SMILES string of the molecule is CCCNCC=Cc1cccc2c1OC(C)(C)C2. The van der Waals surface area contributed by atoms with Gasteiger partial charge in [0.15, 0.2) is 0 Å². The van der Waals surface area contributed by atoms with Gasteiger partial charge in [-0.3, -0.25) is 0 Å². The Balaban J connectivity index is 2.05. The van der Waals surface area contributed by atoms with Gasteiger partial charge in [-0.2, -0.15) is 0 Å². The van der Waals surface area contributed by atoms with Gasteiger partial charge in [0.05, 0.1) is 0 Å². The molecule has 0 fully saturated rings. The number of benzene rings is 1. The van der Waals surface area contributed by atoms with Crippen LogP contribution in [0.5, 0.6) is 5.75 Å². The van der Waals surface area contributed by atoms with E-state index < -0.39 is 0 Å². The number of para-hydroxylation sites is 1. The molecular formula is C16H23NO. The van der Waals surface area contributed by atoms with Crippen molar-refractivity contribution in [3.8, 4) is 5.75 Å². The van der Waals surface area contributed by atoms with Crippen LogP contribution < -0.4 is 10.1 Å². The maximum Gasteiger partial charge on any atom is 0.130 e. The van der Waals surface area contributed by atoms with Crippen LogP contribution in [0.2, 0.25) is 0 Å². The van der Waals surface area contributed by atoms with Crippen molar-refractivity contribution in [3.63, 3.8) is 0 Å². The third-order valence-electron chi connectivity index (χ3n) is 3.11. The van der Waals surface area contributed by atoms with Crippen LogP contribution >= 0.6 is 0 Å². The summed E-state index contributed by atoms with van der Waals surface area (Å²) >= 11 is 0. The number of hydrogen-bond donors (Lipinski definition) is 1. The highest BCUT2D eigenvalue weighted by molar-refractivity contribution is 5.61. The Morgan fingerprint density at radius 1 is 1.39 bits per heavy atom. The lowest BCUT2D eigenvalue weighted by Gasteiger charge is -2.17. The molecule has 1 heterocycles. The average Bonchev–Trinajstić information content (AvgIpc) is 2.63. The van der Waals surface area contributed by atoms with Crippen LogP contribution in [-0.2, 0) is 6.42 Å². The largest absolute Gasteiger partial charge is 0.487 e. The van der Waals surface area contributed by atoms with E-state index in [1.807, 2.05) is 0 Å². The molecule has 1 aromatic carbocycles. The number of rotatable bonds is 5. The normalized spacial score (nSPS) is 16.8. The van der Waals surface area contributed by atoms with E-state index in [1.165, 1.54) is 17.5 Å². The summed E-state index contributed by atoms with van der Waals surface area (Å²) in [6, 6.07) is 6.40. The molecule has 18 heavy (non-hydrogen) atoms. The van der Waals surface area contributed by atoms with Gasteiger partial charge in [-0.05, 0) is 32.4 Å². The lowest BCUT2D eigenvalue weighted by molar-refractivity contribution is 0.138. The lowest BCUT2D eigenvalue weighted by Crippen LogP contribution is -2.24. The first kappa shape index (κ1) is 13.2. The van der Waals surface area contributed by atoms with E-state index in [-0.39, 0.29) is 5.60 Å². The highest BCUT2D eigenvalue weighted by Crippen LogP contribution is 2.37. The van der Waals surface area contributed by atoms with Gasteiger partial charge < -0.3 is 10.1 Å². The van der Waals surface area contributed by atoms with Gasteiger partial charge in [-0.15, -0.1) is 0 Å². The number of fused-ring (bicyclic) bond motifs is 1. The molecule has 0 amide bonds. The van der Waals surface area contributed by atoms with Crippen LogP contribution in [0.3, 0.4) is 0 Å². The lowest BCUT2D eigenvalue weighted by atomic mass is 10.0. The summed E-state index contributed by atoms with van der Waals surface area (Å²) in [6.07, 6.45) is 6.49. The molecule has 0 spiro atoms. The number of hydrogen-bond acceptors (Lipinski definition) is 2. The standard InChI is InChI=1S/C16H23NO/c1-4-10-17-11-6-9-13-7-5-8-14-12-16(2,3)18-15(13)14/h5-9,17H,4,10-12H2,1-3H3. The molecular weight excluding hydrogens is 222 g/mol. The monoisotopic (exact) mass is 245 g/mol. The van der Waals surface area contributed by atoms with Crippen molar-refractivity contribution in [3.05, 3.63) is 35.4 Å². The van der Waals surface area contributed by atoms with E-state index in [0.29, 0.717) is 0 Å². The third kappa shape index (κ3) is 3.14. The van der Waals surface area contributed by atoms with Crippen molar-refractivity contribution >= 4 is 6.08 Å². The summed E-state index contributed by atoms with van der Waals surface area (Å²) in [4.78, 5) is 0. The minimum absolute atomic E-state index is 0.0628. The van der Waals surface area contributed by atoms with Crippen LogP contribution in [0.1, 0.15) is 38.3 Å². The quantitative estimate of drug-likeness (QED) is 0.803. The fourth-order valence-corrected chi connectivity index (χ4v) is 2.32. The van der Waals surface area contributed by atoms with Crippen molar-refractivity contribution in [2.75, 3.05) is 13.1 Å². The van der Waals surface area contributed by atoms with Crippen molar-refractivity contribution in [2.24, 2.45) is 0 Å². The second-order valence-corrected chi connectivity index (χ2v) is 5.48. The maximum atomic E-state index is 6.03. The summed E-state index contributed by atoms with van der Waals surface area (Å²) in [6.45, 7) is 8.45. The van der Waals surface area contributed by atoms with E-state index >= 15 is 0 Å². The van der Waals surface area contributed by atoms with Gasteiger partial charge in [0.1, 0.15) is 11.4 Å². The first-order valence-corrected chi connectivity index (χ1v) is 6.80.